The number of methoxy groups -OCH3 is 1. The Hall–Kier alpha value is -1.62. The first kappa shape index (κ1) is 16.5. The molecule has 1 aliphatic heterocycles. The Balaban J connectivity index is 1.46. The second kappa shape index (κ2) is 5.95. The Kier molecular flexibility index (Phi) is 3.78. The number of carbonyl (C=O) groups excluding carboxylic acids is 1. The van der Waals surface area contributed by atoms with E-state index in [1.54, 1.807) is 13.2 Å². The zero-order chi connectivity index (χ0) is 17.9. The summed E-state index contributed by atoms with van der Waals surface area (Å²) in [5, 5.41) is 0. The first-order valence-corrected chi connectivity index (χ1v) is 10.2. The molecule has 0 radical (unpaired) electrons. The summed E-state index contributed by atoms with van der Waals surface area (Å²) < 4.78 is 11.8. The van der Waals surface area contributed by atoms with Gasteiger partial charge in [-0.05, 0) is 96.0 Å². The number of hydrogen-bond acceptors (Lipinski definition) is 4. The molecule has 0 unspecified atom stereocenters. The van der Waals surface area contributed by atoms with Gasteiger partial charge < -0.3 is 9.47 Å². The lowest BCUT2D eigenvalue weighted by Crippen LogP contribution is -2.50. The summed E-state index contributed by atoms with van der Waals surface area (Å²) >= 11 is 3.49. The van der Waals surface area contributed by atoms with Crippen LogP contribution in [0.15, 0.2) is 33.4 Å². The number of cyclic esters (lactones) is 1. The van der Waals surface area contributed by atoms with Gasteiger partial charge in [0, 0.05) is 5.41 Å². The molecule has 4 bridgehead atoms. The molecule has 0 amide bonds. The molecule has 0 aromatic heterocycles. The fourth-order valence-corrected chi connectivity index (χ4v) is 6.50. The standard InChI is InChI=1S/C21H22BrNO3/c1-25-18-3-2-12(7-16(18)22)8-17-19(24)26-20(23-17)21-9-13-4-14(10-21)6-15(5-13)11-21/h2-3,7-8,13-15H,4-6,9-11H2,1H3/b17-8+. The normalized spacial score (nSPS) is 36.4. The van der Waals surface area contributed by atoms with Crippen molar-refractivity contribution < 1.29 is 14.3 Å². The maximum Gasteiger partial charge on any atom is 0.363 e. The Labute approximate surface area is 161 Å². The molecule has 0 N–H and O–H groups in total. The fraction of sp³-hybridized carbons (Fsp3) is 0.524. The van der Waals surface area contributed by atoms with Gasteiger partial charge in [0.1, 0.15) is 5.75 Å². The molecule has 5 aliphatic rings. The lowest BCUT2D eigenvalue weighted by Gasteiger charge is -2.55. The van der Waals surface area contributed by atoms with E-state index >= 15 is 0 Å². The zero-order valence-electron chi connectivity index (χ0n) is 14.8. The molecule has 1 heterocycles. The minimum Gasteiger partial charge on any atom is -0.496 e. The summed E-state index contributed by atoms with van der Waals surface area (Å²) in [4.78, 5) is 17.1. The largest absolute Gasteiger partial charge is 0.496 e. The highest BCUT2D eigenvalue weighted by Gasteiger charge is 2.55. The molecule has 4 aliphatic carbocycles. The second-order valence-electron chi connectivity index (χ2n) is 8.43. The first-order chi connectivity index (χ1) is 12.5. The second-order valence-corrected chi connectivity index (χ2v) is 9.28. The predicted octanol–water partition coefficient (Wildman–Crippen LogP) is 4.97. The number of nitrogens with zero attached hydrogens (tertiary/aromatic N) is 1. The average Bonchev–Trinajstić information content (AvgIpc) is 2.95. The van der Waals surface area contributed by atoms with Crippen molar-refractivity contribution in [3.8, 4) is 5.75 Å². The van der Waals surface area contributed by atoms with Gasteiger partial charge in [0.25, 0.3) is 0 Å². The van der Waals surface area contributed by atoms with Crippen molar-refractivity contribution in [3.63, 3.8) is 0 Å². The highest BCUT2D eigenvalue weighted by Crippen LogP contribution is 2.61. The van der Waals surface area contributed by atoms with Crippen LogP contribution in [0.5, 0.6) is 5.75 Å². The molecule has 0 spiro atoms. The number of rotatable bonds is 3. The van der Waals surface area contributed by atoms with E-state index in [-0.39, 0.29) is 11.4 Å². The van der Waals surface area contributed by atoms with Gasteiger partial charge >= 0.3 is 5.97 Å². The van der Waals surface area contributed by atoms with E-state index in [4.69, 9.17) is 9.47 Å². The number of ether oxygens (including phenoxy) is 2. The van der Waals surface area contributed by atoms with Gasteiger partial charge in [-0.2, -0.15) is 0 Å². The van der Waals surface area contributed by atoms with E-state index in [0.29, 0.717) is 11.6 Å². The summed E-state index contributed by atoms with van der Waals surface area (Å²) in [5.74, 6) is 3.54. The van der Waals surface area contributed by atoms with Crippen LogP contribution in [-0.4, -0.2) is 19.0 Å². The van der Waals surface area contributed by atoms with Crippen LogP contribution in [0.3, 0.4) is 0 Å². The number of carbonyl (C=O) groups is 1. The van der Waals surface area contributed by atoms with Gasteiger partial charge in [0.15, 0.2) is 5.70 Å². The minimum absolute atomic E-state index is 0.0144. The Morgan fingerprint density at radius 2 is 1.85 bits per heavy atom. The third kappa shape index (κ3) is 2.63. The zero-order valence-corrected chi connectivity index (χ0v) is 16.4. The average molecular weight is 416 g/mol. The molecule has 26 heavy (non-hydrogen) atoms. The van der Waals surface area contributed by atoms with Crippen molar-refractivity contribution in [2.45, 2.75) is 38.5 Å². The van der Waals surface area contributed by atoms with Gasteiger partial charge in [0.2, 0.25) is 5.90 Å². The van der Waals surface area contributed by atoms with Crippen LogP contribution >= 0.6 is 15.9 Å². The maximum absolute atomic E-state index is 12.4. The van der Waals surface area contributed by atoms with Crippen LogP contribution < -0.4 is 4.74 Å². The maximum atomic E-state index is 12.4. The number of hydrogen-bond donors (Lipinski definition) is 0. The van der Waals surface area contributed by atoms with Crippen molar-refractivity contribution in [2.75, 3.05) is 7.11 Å². The third-order valence-corrected chi connectivity index (χ3v) is 7.21. The lowest BCUT2D eigenvalue weighted by atomic mass is 9.49. The fourth-order valence-electron chi connectivity index (χ4n) is 5.94. The van der Waals surface area contributed by atoms with Crippen LogP contribution in [0.1, 0.15) is 44.1 Å². The predicted molar refractivity (Wildman–Crippen MR) is 103 cm³/mol. The van der Waals surface area contributed by atoms with Crippen LogP contribution in [0.2, 0.25) is 0 Å². The molecule has 1 aromatic rings. The summed E-state index contributed by atoms with van der Waals surface area (Å²) in [7, 11) is 1.63. The van der Waals surface area contributed by atoms with E-state index in [9.17, 15) is 4.79 Å². The smallest absolute Gasteiger partial charge is 0.363 e. The summed E-state index contributed by atoms with van der Waals surface area (Å²) in [6.07, 6.45) is 9.33. The monoisotopic (exact) mass is 415 g/mol. The Bertz CT molecular complexity index is 806. The number of esters is 1. The van der Waals surface area contributed by atoms with Gasteiger partial charge in [-0.3, -0.25) is 0 Å². The quantitative estimate of drug-likeness (QED) is 0.516. The number of halogens is 1. The number of aliphatic imine (C=N–C) groups is 1. The summed E-state index contributed by atoms with van der Waals surface area (Å²) in [5.41, 5.74) is 1.33. The first-order valence-electron chi connectivity index (χ1n) is 9.41. The molecule has 1 aromatic carbocycles. The molecular weight excluding hydrogens is 394 g/mol. The van der Waals surface area contributed by atoms with Crippen LogP contribution in [0.4, 0.5) is 0 Å². The highest BCUT2D eigenvalue weighted by molar-refractivity contribution is 9.10. The molecule has 4 saturated carbocycles. The van der Waals surface area contributed by atoms with Gasteiger partial charge in [-0.25, -0.2) is 9.79 Å². The Morgan fingerprint density at radius 3 is 2.42 bits per heavy atom. The molecule has 4 nitrogen and oxygen atoms in total. The molecule has 6 rings (SSSR count). The minimum atomic E-state index is -0.317. The lowest BCUT2D eigenvalue weighted by molar-refractivity contribution is -0.131. The van der Waals surface area contributed by atoms with Crippen molar-refractivity contribution in [1.82, 2.24) is 0 Å². The summed E-state index contributed by atoms with van der Waals surface area (Å²) in [6.45, 7) is 0. The van der Waals surface area contributed by atoms with E-state index in [1.807, 2.05) is 18.2 Å². The highest BCUT2D eigenvalue weighted by atomic mass is 79.9. The van der Waals surface area contributed by atoms with E-state index < -0.39 is 0 Å². The molecule has 4 fully saturated rings. The van der Waals surface area contributed by atoms with Gasteiger partial charge in [0.05, 0.1) is 11.6 Å². The van der Waals surface area contributed by atoms with Crippen molar-refractivity contribution in [2.24, 2.45) is 28.2 Å². The number of benzene rings is 1. The van der Waals surface area contributed by atoms with Gasteiger partial charge in [-0.15, -0.1) is 0 Å². The van der Waals surface area contributed by atoms with Gasteiger partial charge in [-0.1, -0.05) is 6.07 Å². The summed E-state index contributed by atoms with van der Waals surface area (Å²) in [6, 6.07) is 5.72. The van der Waals surface area contributed by atoms with E-state index in [2.05, 4.69) is 20.9 Å². The van der Waals surface area contributed by atoms with E-state index in [0.717, 1.165) is 52.8 Å². The van der Waals surface area contributed by atoms with Crippen molar-refractivity contribution in [1.29, 1.82) is 0 Å². The van der Waals surface area contributed by atoms with Crippen molar-refractivity contribution >= 4 is 33.9 Å². The van der Waals surface area contributed by atoms with E-state index in [1.165, 1.54) is 19.3 Å². The molecule has 0 atom stereocenters. The SMILES string of the molecule is COc1ccc(/C=C2/N=C(C34CC5CC(CC(C5)C3)C4)OC2=O)cc1Br. The molecule has 5 heteroatoms. The molecule has 0 saturated heterocycles. The molecular formula is C21H22BrNO3. The Morgan fingerprint density at radius 1 is 1.19 bits per heavy atom. The van der Waals surface area contributed by atoms with Crippen LogP contribution in [-0.2, 0) is 9.53 Å². The van der Waals surface area contributed by atoms with Crippen LogP contribution in [0.25, 0.3) is 6.08 Å². The molecule has 136 valence electrons. The third-order valence-electron chi connectivity index (χ3n) is 6.59. The van der Waals surface area contributed by atoms with Crippen LogP contribution in [0, 0.1) is 23.2 Å². The topological polar surface area (TPSA) is 47.9 Å². The van der Waals surface area contributed by atoms with Crippen molar-refractivity contribution in [3.05, 3.63) is 33.9 Å².